The van der Waals surface area contributed by atoms with Gasteiger partial charge in [-0.1, -0.05) is 18.2 Å². The van der Waals surface area contributed by atoms with Crippen LogP contribution >= 0.6 is 0 Å². The number of para-hydroxylation sites is 1. The molecule has 5 N–H and O–H groups in total. The fourth-order valence-electron chi connectivity index (χ4n) is 1.84. The number of aliphatic hydroxyl groups excluding tert-OH is 4. The first kappa shape index (κ1) is 13.7. The Hall–Kier alpha value is -1.73. The van der Waals surface area contributed by atoms with E-state index < -0.39 is 30.7 Å². The molecule has 1 heterocycles. The molecule has 0 aliphatic carbocycles. The van der Waals surface area contributed by atoms with Gasteiger partial charge < -0.3 is 25.4 Å². The maximum Gasteiger partial charge on any atom is 0.210 e. The highest BCUT2D eigenvalue weighted by Crippen LogP contribution is 2.17. The molecule has 19 heavy (non-hydrogen) atoms. The van der Waals surface area contributed by atoms with Crippen LogP contribution < -0.4 is 0 Å². The first-order valence-corrected chi connectivity index (χ1v) is 5.81. The summed E-state index contributed by atoms with van der Waals surface area (Å²) in [4.78, 5) is 14.8. The first-order valence-electron chi connectivity index (χ1n) is 5.81. The molecular weight excluding hydrogens is 250 g/mol. The Morgan fingerprint density at radius 2 is 1.89 bits per heavy atom. The van der Waals surface area contributed by atoms with Gasteiger partial charge in [-0.15, -0.1) is 0 Å². The van der Waals surface area contributed by atoms with Gasteiger partial charge in [-0.3, -0.25) is 4.79 Å². The summed E-state index contributed by atoms with van der Waals surface area (Å²) in [5, 5.41) is 37.9. The Bertz CT molecular complexity index is 546. The van der Waals surface area contributed by atoms with Crippen molar-refractivity contribution in [1.82, 2.24) is 4.98 Å². The summed E-state index contributed by atoms with van der Waals surface area (Å²) in [6, 6.07) is 8.74. The molecule has 0 bridgehead atoms. The minimum Gasteiger partial charge on any atom is -0.394 e. The Morgan fingerprint density at radius 3 is 2.53 bits per heavy atom. The summed E-state index contributed by atoms with van der Waals surface area (Å²) in [5.41, 5.74) is 0.869. The number of H-pyrrole nitrogens is 1. The van der Waals surface area contributed by atoms with Gasteiger partial charge in [0.05, 0.1) is 12.3 Å². The van der Waals surface area contributed by atoms with Crippen LogP contribution in [0.1, 0.15) is 10.5 Å². The number of carbonyl (C=O) groups is 1. The fourth-order valence-corrected chi connectivity index (χ4v) is 1.84. The van der Waals surface area contributed by atoms with Crippen molar-refractivity contribution >= 4 is 16.7 Å². The summed E-state index contributed by atoms with van der Waals surface area (Å²) in [6.45, 7) is -0.738. The second-order valence-electron chi connectivity index (χ2n) is 4.32. The number of hydrogen-bond donors (Lipinski definition) is 5. The van der Waals surface area contributed by atoms with Crippen LogP contribution in [0.25, 0.3) is 10.9 Å². The van der Waals surface area contributed by atoms with Crippen LogP contribution in [0.4, 0.5) is 0 Å². The quantitative estimate of drug-likeness (QED) is 0.464. The molecule has 102 valence electrons. The molecule has 0 aliphatic rings. The zero-order chi connectivity index (χ0) is 14.0. The number of carbonyl (C=O) groups excluding carboxylic acids is 1. The summed E-state index contributed by atoms with van der Waals surface area (Å²) < 4.78 is 0. The van der Waals surface area contributed by atoms with Crippen LogP contribution in [0.2, 0.25) is 0 Å². The molecule has 0 fully saturated rings. The highest BCUT2D eigenvalue weighted by atomic mass is 16.4. The minimum atomic E-state index is -1.80. The molecule has 0 spiro atoms. The monoisotopic (exact) mass is 265 g/mol. The molecule has 0 amide bonds. The minimum absolute atomic E-state index is 0.137. The highest BCUT2D eigenvalue weighted by molar-refractivity contribution is 6.02. The number of aromatic amines is 1. The van der Waals surface area contributed by atoms with Crippen molar-refractivity contribution in [2.75, 3.05) is 6.61 Å². The van der Waals surface area contributed by atoms with E-state index in [0.717, 1.165) is 10.9 Å². The Balaban J connectivity index is 2.23. The van der Waals surface area contributed by atoms with Gasteiger partial charge in [-0.2, -0.15) is 0 Å². The molecule has 2 aromatic rings. The molecule has 1 aromatic heterocycles. The van der Waals surface area contributed by atoms with Gasteiger partial charge in [0.1, 0.15) is 18.3 Å². The van der Waals surface area contributed by atoms with Gasteiger partial charge in [0, 0.05) is 10.9 Å². The van der Waals surface area contributed by atoms with Crippen molar-refractivity contribution in [2.45, 2.75) is 18.3 Å². The van der Waals surface area contributed by atoms with E-state index in [1.165, 1.54) is 0 Å². The van der Waals surface area contributed by atoms with Gasteiger partial charge in [0.25, 0.3) is 0 Å². The van der Waals surface area contributed by atoms with Crippen LogP contribution in [-0.2, 0) is 0 Å². The van der Waals surface area contributed by atoms with Gasteiger partial charge in [0.2, 0.25) is 5.78 Å². The van der Waals surface area contributed by atoms with Gasteiger partial charge >= 0.3 is 0 Å². The molecule has 6 heteroatoms. The highest BCUT2D eigenvalue weighted by Gasteiger charge is 2.31. The summed E-state index contributed by atoms with van der Waals surface area (Å²) in [5.74, 6) is -0.740. The van der Waals surface area contributed by atoms with E-state index in [9.17, 15) is 20.1 Å². The maximum absolute atomic E-state index is 11.9. The third kappa shape index (κ3) is 2.66. The number of rotatable bonds is 5. The molecule has 0 unspecified atom stereocenters. The van der Waals surface area contributed by atoms with Crippen molar-refractivity contribution in [3.63, 3.8) is 0 Å². The zero-order valence-electron chi connectivity index (χ0n) is 10.0. The van der Waals surface area contributed by atoms with Crippen molar-refractivity contribution in [2.24, 2.45) is 0 Å². The Kier molecular flexibility index (Phi) is 3.96. The molecule has 3 atom stereocenters. The van der Waals surface area contributed by atoms with Crippen LogP contribution in [-0.4, -0.2) is 56.1 Å². The smallest absolute Gasteiger partial charge is 0.210 e. The SMILES string of the molecule is O=C(c1cc2ccccc2[nH]1)[C@H](O)[C@H](O)[C@H](O)CO. The molecular formula is C13H15NO5. The Morgan fingerprint density at radius 1 is 1.21 bits per heavy atom. The zero-order valence-corrected chi connectivity index (χ0v) is 10.0. The number of nitrogens with one attached hydrogen (secondary N) is 1. The van der Waals surface area contributed by atoms with Crippen molar-refractivity contribution in [3.8, 4) is 0 Å². The fraction of sp³-hybridized carbons (Fsp3) is 0.308. The van der Waals surface area contributed by atoms with Crippen molar-refractivity contribution < 1.29 is 25.2 Å². The predicted molar refractivity (Wildman–Crippen MR) is 67.7 cm³/mol. The lowest BCUT2D eigenvalue weighted by Gasteiger charge is -2.19. The third-order valence-electron chi connectivity index (χ3n) is 2.97. The van der Waals surface area contributed by atoms with Gasteiger partial charge in [-0.25, -0.2) is 0 Å². The van der Waals surface area contributed by atoms with E-state index in [2.05, 4.69) is 4.98 Å². The maximum atomic E-state index is 11.9. The van der Waals surface area contributed by atoms with Crippen molar-refractivity contribution in [1.29, 1.82) is 0 Å². The molecule has 0 saturated heterocycles. The molecule has 2 rings (SSSR count). The lowest BCUT2D eigenvalue weighted by atomic mass is 10.0. The molecule has 0 radical (unpaired) electrons. The molecule has 1 aromatic carbocycles. The van der Waals surface area contributed by atoms with Gasteiger partial charge in [-0.05, 0) is 12.1 Å². The first-order chi connectivity index (χ1) is 9.04. The average Bonchev–Trinajstić information content (AvgIpc) is 2.87. The number of aliphatic hydroxyl groups is 4. The number of fused-ring (bicyclic) bond motifs is 1. The van der Waals surface area contributed by atoms with Crippen LogP contribution in [0.3, 0.4) is 0 Å². The number of Topliss-reactive ketones (excluding diaryl/α,β-unsaturated/α-hetero) is 1. The van der Waals surface area contributed by atoms with Crippen LogP contribution in [0.5, 0.6) is 0 Å². The Labute approximate surface area is 108 Å². The van der Waals surface area contributed by atoms with E-state index in [1.807, 2.05) is 6.07 Å². The topological polar surface area (TPSA) is 114 Å². The largest absolute Gasteiger partial charge is 0.394 e. The second kappa shape index (κ2) is 5.50. The predicted octanol–water partition coefficient (Wildman–Crippen LogP) is -0.574. The van der Waals surface area contributed by atoms with E-state index >= 15 is 0 Å². The van der Waals surface area contributed by atoms with Crippen molar-refractivity contribution in [3.05, 3.63) is 36.0 Å². The third-order valence-corrected chi connectivity index (χ3v) is 2.97. The van der Waals surface area contributed by atoms with E-state index in [-0.39, 0.29) is 5.69 Å². The average molecular weight is 265 g/mol. The molecule has 0 saturated carbocycles. The van der Waals surface area contributed by atoms with E-state index in [4.69, 9.17) is 5.11 Å². The summed E-state index contributed by atoms with van der Waals surface area (Å²) in [7, 11) is 0. The molecule has 6 nitrogen and oxygen atoms in total. The van der Waals surface area contributed by atoms with Crippen LogP contribution in [0.15, 0.2) is 30.3 Å². The van der Waals surface area contributed by atoms with Gasteiger partial charge in [0.15, 0.2) is 0 Å². The molecule has 0 aliphatic heterocycles. The number of benzene rings is 1. The summed E-state index contributed by atoms with van der Waals surface area (Å²) in [6.07, 6.45) is -5.09. The lowest BCUT2D eigenvalue weighted by molar-refractivity contribution is -0.0647. The normalized spacial score (nSPS) is 16.2. The summed E-state index contributed by atoms with van der Waals surface area (Å²) >= 11 is 0. The standard InChI is InChI=1S/C13H15NO5/c15-6-10(16)12(18)13(19)11(17)9-5-7-3-1-2-4-8(7)14-9/h1-5,10,12-16,18-19H,6H2/t10-,12-,13+/m1/s1. The lowest BCUT2D eigenvalue weighted by Crippen LogP contribution is -2.43. The number of hydrogen-bond acceptors (Lipinski definition) is 5. The number of ketones is 1. The van der Waals surface area contributed by atoms with E-state index in [1.54, 1.807) is 24.3 Å². The second-order valence-corrected chi connectivity index (χ2v) is 4.32. The van der Waals surface area contributed by atoms with Crippen LogP contribution in [0, 0.1) is 0 Å². The number of aromatic nitrogens is 1. The van der Waals surface area contributed by atoms with E-state index in [0.29, 0.717) is 0 Å².